The predicted molar refractivity (Wildman–Crippen MR) is 67.5 cm³/mol. The number of methoxy groups -OCH3 is 1. The fourth-order valence-corrected chi connectivity index (χ4v) is 2.24. The van der Waals surface area contributed by atoms with Gasteiger partial charge >= 0.3 is 5.97 Å². The van der Waals surface area contributed by atoms with E-state index in [2.05, 4.69) is 10.3 Å². The third kappa shape index (κ3) is 3.73. The van der Waals surface area contributed by atoms with Gasteiger partial charge in [0.15, 0.2) is 0 Å². The number of carbonyl (C=O) groups excluding carboxylic acids is 1. The van der Waals surface area contributed by atoms with Crippen LogP contribution >= 0.6 is 23.7 Å². The van der Waals surface area contributed by atoms with E-state index in [4.69, 9.17) is 4.74 Å². The molecule has 0 bridgehead atoms. The molecule has 6 heteroatoms. The van der Waals surface area contributed by atoms with Gasteiger partial charge in [0.1, 0.15) is 9.88 Å². The second-order valence-corrected chi connectivity index (χ2v) is 4.09. The summed E-state index contributed by atoms with van der Waals surface area (Å²) >= 11 is 1.41. The summed E-state index contributed by atoms with van der Waals surface area (Å²) in [7, 11) is 1.39. The van der Waals surface area contributed by atoms with E-state index in [-0.39, 0.29) is 18.4 Å². The van der Waals surface area contributed by atoms with Crippen molar-refractivity contribution in [3.05, 3.63) is 15.6 Å². The van der Waals surface area contributed by atoms with Crippen molar-refractivity contribution >= 4 is 29.7 Å². The largest absolute Gasteiger partial charge is 0.465 e. The van der Waals surface area contributed by atoms with Gasteiger partial charge in [0.25, 0.3) is 0 Å². The van der Waals surface area contributed by atoms with E-state index in [0.717, 1.165) is 23.7 Å². The Labute approximate surface area is 106 Å². The summed E-state index contributed by atoms with van der Waals surface area (Å²) in [6, 6.07) is 0. The molecule has 0 amide bonds. The zero-order valence-corrected chi connectivity index (χ0v) is 11.3. The first-order valence-corrected chi connectivity index (χ1v) is 5.82. The molecular weight excluding hydrogens is 248 g/mol. The van der Waals surface area contributed by atoms with Crippen LogP contribution in [0.1, 0.15) is 34.2 Å². The third-order valence-electron chi connectivity index (χ3n) is 1.97. The van der Waals surface area contributed by atoms with Gasteiger partial charge in [-0.05, 0) is 13.0 Å². The number of ether oxygens (including phenoxy) is 1. The number of hydrogen-bond donors (Lipinski definition) is 1. The van der Waals surface area contributed by atoms with Crippen LogP contribution in [0.5, 0.6) is 0 Å². The summed E-state index contributed by atoms with van der Waals surface area (Å²) in [5, 5.41) is 4.12. The van der Waals surface area contributed by atoms with Crippen LogP contribution in [-0.4, -0.2) is 24.6 Å². The summed E-state index contributed by atoms with van der Waals surface area (Å²) in [5.41, 5.74) is 0.833. The van der Waals surface area contributed by atoms with Crippen molar-refractivity contribution in [2.24, 2.45) is 0 Å². The van der Waals surface area contributed by atoms with Crippen molar-refractivity contribution in [2.75, 3.05) is 13.7 Å². The van der Waals surface area contributed by atoms with Crippen LogP contribution in [0, 0.1) is 0 Å². The summed E-state index contributed by atoms with van der Waals surface area (Å²) in [4.78, 5) is 16.4. The lowest BCUT2D eigenvalue weighted by atomic mass is 10.3. The van der Waals surface area contributed by atoms with Gasteiger partial charge in [0, 0.05) is 6.54 Å². The molecular formula is C10H17ClN2O2S. The molecule has 0 saturated carbocycles. The zero-order chi connectivity index (χ0) is 11.3. The maximum Gasteiger partial charge on any atom is 0.349 e. The minimum absolute atomic E-state index is 0. The molecule has 1 aromatic rings. The fourth-order valence-electron chi connectivity index (χ4n) is 1.20. The van der Waals surface area contributed by atoms with Crippen molar-refractivity contribution < 1.29 is 9.53 Å². The van der Waals surface area contributed by atoms with E-state index >= 15 is 0 Å². The number of halogens is 1. The fraction of sp³-hybridized carbons (Fsp3) is 0.600. The van der Waals surface area contributed by atoms with Gasteiger partial charge in [-0.15, -0.1) is 23.7 Å². The molecule has 1 heterocycles. The van der Waals surface area contributed by atoms with E-state index in [1.165, 1.54) is 18.4 Å². The molecule has 92 valence electrons. The van der Waals surface area contributed by atoms with Gasteiger partial charge in [-0.1, -0.05) is 13.8 Å². The zero-order valence-electron chi connectivity index (χ0n) is 9.70. The molecule has 0 unspecified atom stereocenters. The highest BCUT2D eigenvalue weighted by atomic mass is 35.5. The molecule has 0 aliphatic rings. The first-order valence-electron chi connectivity index (χ1n) is 5.00. The van der Waals surface area contributed by atoms with Gasteiger partial charge in [-0.3, -0.25) is 0 Å². The Morgan fingerprint density at radius 2 is 2.19 bits per heavy atom. The van der Waals surface area contributed by atoms with E-state index in [0.29, 0.717) is 11.4 Å². The molecule has 1 rings (SSSR count). The Hall–Kier alpha value is -0.650. The van der Waals surface area contributed by atoms with Gasteiger partial charge in [-0.25, -0.2) is 9.78 Å². The maximum atomic E-state index is 11.4. The highest BCUT2D eigenvalue weighted by Crippen LogP contribution is 2.20. The van der Waals surface area contributed by atoms with Gasteiger partial charge in [0.05, 0.1) is 12.8 Å². The Morgan fingerprint density at radius 3 is 2.69 bits per heavy atom. The number of rotatable bonds is 5. The first-order chi connectivity index (χ1) is 7.22. The third-order valence-corrected chi connectivity index (χ3v) is 3.05. The lowest BCUT2D eigenvalue weighted by Gasteiger charge is -1.95. The average Bonchev–Trinajstić information content (AvgIpc) is 2.68. The maximum absolute atomic E-state index is 11.4. The Balaban J connectivity index is 0.00000225. The van der Waals surface area contributed by atoms with E-state index in [1.807, 2.05) is 13.8 Å². The van der Waals surface area contributed by atoms with Gasteiger partial charge in [0.2, 0.25) is 0 Å². The van der Waals surface area contributed by atoms with Crippen molar-refractivity contribution in [3.8, 4) is 0 Å². The lowest BCUT2D eigenvalue weighted by molar-refractivity contribution is 0.0605. The first kappa shape index (κ1) is 15.3. The second-order valence-electron chi connectivity index (χ2n) is 3.01. The number of nitrogens with zero attached hydrogens (tertiary/aromatic N) is 1. The van der Waals surface area contributed by atoms with Gasteiger partial charge < -0.3 is 10.1 Å². The number of thiazole rings is 1. The number of aromatic nitrogens is 1. The molecule has 0 radical (unpaired) electrons. The monoisotopic (exact) mass is 264 g/mol. The second kappa shape index (κ2) is 7.60. The smallest absolute Gasteiger partial charge is 0.349 e. The number of hydrogen-bond acceptors (Lipinski definition) is 5. The molecule has 16 heavy (non-hydrogen) atoms. The summed E-state index contributed by atoms with van der Waals surface area (Å²) in [5.74, 6) is -0.285. The molecule has 4 nitrogen and oxygen atoms in total. The van der Waals surface area contributed by atoms with Crippen LogP contribution in [0.15, 0.2) is 0 Å². The van der Waals surface area contributed by atoms with E-state index < -0.39 is 0 Å². The highest BCUT2D eigenvalue weighted by molar-refractivity contribution is 7.13. The van der Waals surface area contributed by atoms with E-state index in [1.54, 1.807) is 0 Å². The van der Waals surface area contributed by atoms with Crippen LogP contribution in [0.25, 0.3) is 0 Å². The number of aryl methyl sites for hydroxylation is 1. The molecule has 0 spiro atoms. The van der Waals surface area contributed by atoms with Crippen LogP contribution in [0.2, 0.25) is 0 Å². The van der Waals surface area contributed by atoms with Crippen molar-refractivity contribution in [1.82, 2.24) is 10.3 Å². The van der Waals surface area contributed by atoms with Crippen molar-refractivity contribution in [3.63, 3.8) is 0 Å². The Bertz CT molecular complexity index is 342. The summed E-state index contributed by atoms with van der Waals surface area (Å²) in [6.45, 7) is 5.63. The Morgan fingerprint density at radius 1 is 1.50 bits per heavy atom. The molecule has 0 aliphatic heterocycles. The summed E-state index contributed by atoms with van der Waals surface area (Å²) in [6.07, 6.45) is 0.757. The van der Waals surface area contributed by atoms with Crippen molar-refractivity contribution in [1.29, 1.82) is 0 Å². The quantitative estimate of drug-likeness (QED) is 0.827. The number of esters is 1. The van der Waals surface area contributed by atoms with E-state index in [9.17, 15) is 4.79 Å². The number of nitrogens with one attached hydrogen (secondary N) is 1. The predicted octanol–water partition coefficient (Wildman–Crippen LogP) is 2.02. The number of carbonyl (C=O) groups is 1. The Kier molecular flexibility index (Phi) is 7.29. The van der Waals surface area contributed by atoms with Crippen LogP contribution in [0.4, 0.5) is 0 Å². The average molecular weight is 265 g/mol. The SMILES string of the molecule is CCNCc1nc(CC)c(C(=O)OC)s1.Cl. The van der Waals surface area contributed by atoms with Gasteiger partial charge in [-0.2, -0.15) is 0 Å². The van der Waals surface area contributed by atoms with Crippen molar-refractivity contribution in [2.45, 2.75) is 26.8 Å². The van der Waals surface area contributed by atoms with Crippen LogP contribution < -0.4 is 5.32 Å². The minimum atomic E-state index is -0.285. The molecule has 0 saturated heterocycles. The normalized spacial score (nSPS) is 9.69. The molecule has 0 fully saturated rings. The molecule has 0 aliphatic carbocycles. The highest BCUT2D eigenvalue weighted by Gasteiger charge is 2.16. The molecule has 0 aromatic carbocycles. The topological polar surface area (TPSA) is 51.2 Å². The molecule has 1 aromatic heterocycles. The van der Waals surface area contributed by atoms with Crippen LogP contribution in [0.3, 0.4) is 0 Å². The lowest BCUT2D eigenvalue weighted by Crippen LogP contribution is -2.11. The molecule has 1 N–H and O–H groups in total. The molecule has 0 atom stereocenters. The minimum Gasteiger partial charge on any atom is -0.465 e. The standard InChI is InChI=1S/C10H16N2O2S.ClH/c1-4-7-9(10(13)14-3)15-8(12-7)6-11-5-2;/h11H,4-6H2,1-3H3;1H. The van der Waals surface area contributed by atoms with Crippen LogP contribution in [-0.2, 0) is 17.7 Å². The summed E-state index contributed by atoms with van der Waals surface area (Å²) < 4.78 is 4.71.